The molecule has 30 heavy (non-hydrogen) atoms. The molecule has 6 nitrogen and oxygen atoms in total. The number of hydrogen-bond acceptors (Lipinski definition) is 3. The van der Waals surface area contributed by atoms with Crippen molar-refractivity contribution in [3.05, 3.63) is 59.2 Å². The fourth-order valence-electron chi connectivity index (χ4n) is 4.22. The zero-order valence-corrected chi connectivity index (χ0v) is 19.6. The van der Waals surface area contributed by atoms with Gasteiger partial charge in [0.25, 0.3) is 0 Å². The third-order valence-electron chi connectivity index (χ3n) is 6.15. The number of anilines is 1. The monoisotopic (exact) mass is 432 g/mol. The number of likely N-dealkylation sites (N-methyl/N-ethyl adjacent to an activating group) is 1. The Morgan fingerprint density at radius 1 is 1.00 bits per heavy atom. The Bertz CT molecular complexity index is 950. The normalized spacial score (nSPS) is 20.7. The van der Waals surface area contributed by atoms with E-state index in [9.17, 15) is 8.42 Å². The van der Waals surface area contributed by atoms with E-state index in [2.05, 4.69) is 40.9 Å². The Balaban J connectivity index is 1.83. The van der Waals surface area contributed by atoms with E-state index < -0.39 is 10.0 Å². The van der Waals surface area contributed by atoms with Crippen LogP contribution < -0.4 is 19.4 Å². The molecule has 0 aliphatic carbocycles. The summed E-state index contributed by atoms with van der Waals surface area (Å²) >= 11 is 0. The van der Waals surface area contributed by atoms with E-state index in [4.69, 9.17) is 0 Å². The Hall–Kier alpha value is -1.93. The summed E-state index contributed by atoms with van der Waals surface area (Å²) < 4.78 is 29.0. The van der Waals surface area contributed by atoms with Crippen molar-refractivity contribution in [1.82, 2.24) is 4.72 Å². The van der Waals surface area contributed by atoms with Gasteiger partial charge in [-0.15, -0.1) is 0 Å². The van der Waals surface area contributed by atoms with E-state index in [-0.39, 0.29) is 6.04 Å². The van der Waals surface area contributed by atoms with Gasteiger partial charge in [0.05, 0.1) is 18.5 Å². The van der Waals surface area contributed by atoms with E-state index >= 15 is 0 Å². The molecule has 0 amide bonds. The fraction of sp³-hybridized carbons (Fsp3) is 0.478. The van der Waals surface area contributed by atoms with Crippen LogP contribution in [0.5, 0.6) is 0 Å². The summed E-state index contributed by atoms with van der Waals surface area (Å²) in [5, 5.41) is 0. The van der Waals surface area contributed by atoms with Gasteiger partial charge in [0, 0.05) is 25.3 Å². The van der Waals surface area contributed by atoms with Crippen molar-refractivity contribution in [2.45, 2.75) is 24.8 Å². The van der Waals surface area contributed by atoms with Crippen LogP contribution in [0.2, 0.25) is 0 Å². The molecule has 1 aliphatic rings. The van der Waals surface area contributed by atoms with Crippen molar-refractivity contribution in [3.8, 4) is 0 Å². The maximum atomic E-state index is 13.0. The maximum absolute atomic E-state index is 13.0. The van der Waals surface area contributed by atoms with Gasteiger partial charge in [0.1, 0.15) is 32.2 Å². The summed E-state index contributed by atoms with van der Waals surface area (Å²) in [4.78, 5) is 5.43. The third kappa shape index (κ3) is 5.40. The lowest BCUT2D eigenvalue weighted by Gasteiger charge is -2.33. The zero-order valence-electron chi connectivity index (χ0n) is 18.8. The molecular weight excluding hydrogens is 396 g/mol. The molecule has 1 saturated heterocycles. The number of piperazine rings is 1. The molecule has 1 fully saturated rings. The number of aryl methyl sites for hydroxylation is 2. The first-order valence-electron chi connectivity index (χ1n) is 10.7. The molecule has 2 aromatic carbocycles. The van der Waals surface area contributed by atoms with Crippen LogP contribution in [-0.2, 0) is 10.0 Å². The van der Waals surface area contributed by atoms with Crippen molar-refractivity contribution in [2.24, 2.45) is 0 Å². The van der Waals surface area contributed by atoms with Gasteiger partial charge in [0.15, 0.2) is 0 Å². The molecule has 0 bridgehead atoms. The van der Waals surface area contributed by atoms with Crippen LogP contribution in [0.25, 0.3) is 0 Å². The van der Waals surface area contributed by atoms with Crippen molar-refractivity contribution in [2.75, 3.05) is 58.8 Å². The second-order valence-electron chi connectivity index (χ2n) is 8.77. The number of nitrogens with one attached hydrogen (secondary N) is 3. The standard InChI is InChI=1S/C23H34N4O2S/c1-18-6-11-23(19(2)16-18)30(28,29)24-17-22(27-14-12-26(5)13-15-27)20-7-9-21(10-8-20)25(3)4/h6-11,16,22,24H,12-15,17H2,1-5H3/p+2/t22-/m1/s1. The highest BCUT2D eigenvalue weighted by Gasteiger charge is 2.31. The van der Waals surface area contributed by atoms with E-state index in [1.165, 1.54) is 15.4 Å². The van der Waals surface area contributed by atoms with Gasteiger partial charge in [-0.2, -0.15) is 0 Å². The number of nitrogens with zero attached hydrogens (tertiary/aromatic N) is 1. The molecule has 7 heteroatoms. The van der Waals surface area contributed by atoms with Crippen molar-refractivity contribution < 1.29 is 18.2 Å². The molecule has 0 radical (unpaired) electrons. The van der Waals surface area contributed by atoms with Gasteiger partial charge < -0.3 is 14.7 Å². The Kier molecular flexibility index (Phi) is 7.18. The van der Waals surface area contributed by atoms with Crippen LogP contribution >= 0.6 is 0 Å². The molecule has 1 heterocycles. The molecular formula is C23H36N4O2S+2. The predicted molar refractivity (Wildman–Crippen MR) is 122 cm³/mol. The van der Waals surface area contributed by atoms with Crippen molar-refractivity contribution >= 4 is 15.7 Å². The van der Waals surface area contributed by atoms with Crippen LogP contribution in [0, 0.1) is 13.8 Å². The maximum Gasteiger partial charge on any atom is 0.241 e. The molecule has 2 aromatic rings. The number of rotatable bonds is 7. The molecule has 0 saturated carbocycles. The summed E-state index contributed by atoms with van der Waals surface area (Å²) in [7, 11) is 2.72. The first kappa shape index (κ1) is 22.7. The highest BCUT2D eigenvalue weighted by Crippen LogP contribution is 2.19. The first-order valence-corrected chi connectivity index (χ1v) is 12.2. The number of quaternary nitrogens is 2. The van der Waals surface area contributed by atoms with Crippen LogP contribution in [0.15, 0.2) is 47.4 Å². The highest BCUT2D eigenvalue weighted by atomic mass is 32.2. The van der Waals surface area contributed by atoms with Crippen molar-refractivity contribution in [3.63, 3.8) is 0 Å². The minimum absolute atomic E-state index is 0.0924. The minimum Gasteiger partial charge on any atom is -0.378 e. The first-order chi connectivity index (χ1) is 14.2. The van der Waals surface area contributed by atoms with Gasteiger partial charge >= 0.3 is 0 Å². The van der Waals surface area contributed by atoms with Gasteiger partial charge in [-0.3, -0.25) is 0 Å². The molecule has 1 aliphatic heterocycles. The molecule has 3 N–H and O–H groups in total. The van der Waals surface area contributed by atoms with E-state index in [1.807, 2.05) is 40.1 Å². The third-order valence-corrected chi connectivity index (χ3v) is 7.73. The largest absolute Gasteiger partial charge is 0.378 e. The summed E-state index contributed by atoms with van der Waals surface area (Å²) in [6, 6.07) is 14.1. The topological polar surface area (TPSA) is 58.3 Å². The summed E-state index contributed by atoms with van der Waals surface area (Å²) in [6.45, 7) is 8.51. The molecule has 0 unspecified atom stereocenters. The van der Waals surface area contributed by atoms with Crippen LogP contribution in [0.4, 0.5) is 5.69 Å². The molecule has 0 spiro atoms. The fourth-order valence-corrected chi connectivity index (χ4v) is 5.49. The van der Waals surface area contributed by atoms with Crippen LogP contribution in [-0.4, -0.2) is 62.3 Å². The summed E-state index contributed by atoms with van der Waals surface area (Å²) in [5.74, 6) is 0. The minimum atomic E-state index is -3.56. The lowest BCUT2D eigenvalue weighted by atomic mass is 10.0. The van der Waals surface area contributed by atoms with Gasteiger partial charge in [-0.1, -0.05) is 29.8 Å². The lowest BCUT2D eigenvalue weighted by molar-refractivity contribution is -1.02. The van der Waals surface area contributed by atoms with Crippen LogP contribution in [0.3, 0.4) is 0 Å². The average Bonchev–Trinajstić information content (AvgIpc) is 2.69. The summed E-state index contributed by atoms with van der Waals surface area (Å²) in [6.07, 6.45) is 0. The van der Waals surface area contributed by atoms with Crippen LogP contribution in [0.1, 0.15) is 22.7 Å². The Morgan fingerprint density at radius 3 is 2.20 bits per heavy atom. The molecule has 1 atom stereocenters. The highest BCUT2D eigenvalue weighted by molar-refractivity contribution is 7.89. The molecule has 0 aromatic heterocycles. The van der Waals surface area contributed by atoms with E-state index in [0.717, 1.165) is 43.0 Å². The summed E-state index contributed by atoms with van der Waals surface area (Å²) in [5.41, 5.74) is 4.17. The average molecular weight is 433 g/mol. The number of benzene rings is 2. The quantitative estimate of drug-likeness (QED) is 0.568. The lowest BCUT2D eigenvalue weighted by Crippen LogP contribution is -3.27. The van der Waals surface area contributed by atoms with Gasteiger partial charge in [0.2, 0.25) is 10.0 Å². The number of hydrogen-bond donors (Lipinski definition) is 3. The SMILES string of the molecule is Cc1ccc(S(=O)(=O)NC[C@H](c2ccc(N(C)C)cc2)[NH+]2CC[NH+](C)CC2)c(C)c1. The second kappa shape index (κ2) is 9.47. The Labute approximate surface area is 181 Å². The van der Waals surface area contributed by atoms with E-state index in [0.29, 0.717) is 11.4 Å². The van der Waals surface area contributed by atoms with Gasteiger partial charge in [-0.25, -0.2) is 13.1 Å². The molecule has 3 rings (SSSR count). The Morgan fingerprint density at radius 2 is 1.63 bits per heavy atom. The number of sulfonamides is 1. The molecule has 164 valence electrons. The zero-order chi connectivity index (χ0) is 21.9. The van der Waals surface area contributed by atoms with Gasteiger partial charge in [-0.05, 0) is 37.6 Å². The second-order valence-corrected chi connectivity index (χ2v) is 10.5. The smallest absolute Gasteiger partial charge is 0.241 e. The van der Waals surface area contributed by atoms with E-state index in [1.54, 1.807) is 6.07 Å². The predicted octanol–water partition coefficient (Wildman–Crippen LogP) is -0.198. The van der Waals surface area contributed by atoms with Crippen molar-refractivity contribution in [1.29, 1.82) is 0 Å².